The highest BCUT2D eigenvalue weighted by Gasteiger charge is 2.48. The zero-order valence-electron chi connectivity index (χ0n) is 16.5. The first-order valence-electron chi connectivity index (χ1n) is 9.18. The third kappa shape index (κ3) is 3.50. The molecular weight excluding hydrogens is 356 g/mol. The number of amides is 3. The Labute approximate surface area is 164 Å². The molecule has 2 aromatic carbocycles. The van der Waals surface area contributed by atoms with Crippen LogP contribution in [0.25, 0.3) is 0 Å². The van der Waals surface area contributed by atoms with Gasteiger partial charge in [-0.05, 0) is 41.7 Å². The van der Waals surface area contributed by atoms with Crippen LogP contribution in [0.15, 0.2) is 48.5 Å². The zero-order chi connectivity index (χ0) is 20.5. The van der Waals surface area contributed by atoms with Crippen molar-refractivity contribution in [3.8, 4) is 0 Å². The van der Waals surface area contributed by atoms with Crippen LogP contribution < -0.4 is 5.32 Å². The molecule has 2 aromatic rings. The summed E-state index contributed by atoms with van der Waals surface area (Å²) in [7, 11) is 1.32. The van der Waals surface area contributed by atoms with Crippen molar-refractivity contribution >= 4 is 17.9 Å². The molecule has 146 valence electrons. The lowest BCUT2D eigenvalue weighted by Crippen LogP contribution is -2.40. The molecule has 3 rings (SSSR count). The largest absolute Gasteiger partial charge is 0.465 e. The maximum atomic E-state index is 13.1. The van der Waals surface area contributed by atoms with Crippen molar-refractivity contribution in [1.82, 2.24) is 10.2 Å². The second-order valence-electron chi connectivity index (χ2n) is 7.41. The van der Waals surface area contributed by atoms with E-state index < -0.39 is 17.5 Å². The fourth-order valence-electron chi connectivity index (χ4n) is 3.28. The van der Waals surface area contributed by atoms with Gasteiger partial charge in [0.2, 0.25) is 0 Å². The lowest BCUT2D eigenvalue weighted by molar-refractivity contribution is -0.131. The molecule has 6 nitrogen and oxygen atoms in total. The average molecular weight is 380 g/mol. The maximum absolute atomic E-state index is 13.1. The molecule has 0 radical (unpaired) electrons. The fourth-order valence-corrected chi connectivity index (χ4v) is 3.28. The van der Waals surface area contributed by atoms with Gasteiger partial charge in [-0.3, -0.25) is 9.69 Å². The van der Waals surface area contributed by atoms with Crippen LogP contribution in [-0.2, 0) is 21.6 Å². The molecule has 1 atom stereocenters. The number of nitrogens with zero attached hydrogens (tertiary/aromatic N) is 1. The van der Waals surface area contributed by atoms with Crippen LogP contribution in [0.1, 0.15) is 53.7 Å². The molecule has 28 heavy (non-hydrogen) atoms. The van der Waals surface area contributed by atoms with Gasteiger partial charge < -0.3 is 10.1 Å². The second-order valence-corrected chi connectivity index (χ2v) is 7.41. The lowest BCUT2D eigenvalue weighted by atomic mass is 9.90. The monoisotopic (exact) mass is 380 g/mol. The number of urea groups is 1. The van der Waals surface area contributed by atoms with E-state index in [1.807, 2.05) is 24.3 Å². The Kier molecular flexibility index (Phi) is 5.23. The summed E-state index contributed by atoms with van der Waals surface area (Å²) in [5, 5.41) is 2.82. The molecule has 1 heterocycles. The standard InChI is InChI=1S/C22H24N2O4/c1-14(2)16-9-11-18(12-10-16)22(3)20(26)24(21(27)23-22)13-15-5-7-17(8-6-15)19(25)28-4/h5-12,14H,13H2,1-4H3,(H,23,27). The first kappa shape index (κ1) is 19.6. The number of hydrogen-bond acceptors (Lipinski definition) is 4. The van der Waals surface area contributed by atoms with Crippen molar-refractivity contribution in [2.75, 3.05) is 7.11 Å². The Morgan fingerprint density at radius 3 is 2.21 bits per heavy atom. The topological polar surface area (TPSA) is 75.7 Å². The fraction of sp³-hybridized carbons (Fsp3) is 0.318. The number of carbonyl (C=O) groups excluding carboxylic acids is 3. The predicted molar refractivity (Wildman–Crippen MR) is 105 cm³/mol. The molecule has 1 fully saturated rings. The number of benzene rings is 2. The molecule has 1 aliphatic rings. The molecule has 0 bridgehead atoms. The third-order valence-electron chi connectivity index (χ3n) is 5.15. The van der Waals surface area contributed by atoms with Crippen LogP contribution in [0.3, 0.4) is 0 Å². The van der Waals surface area contributed by atoms with E-state index in [9.17, 15) is 14.4 Å². The zero-order valence-corrected chi connectivity index (χ0v) is 16.5. The number of ether oxygens (including phenoxy) is 1. The van der Waals surface area contributed by atoms with Gasteiger partial charge in [0.1, 0.15) is 5.54 Å². The second kappa shape index (κ2) is 7.46. The minimum atomic E-state index is -1.10. The van der Waals surface area contributed by atoms with Gasteiger partial charge in [0.05, 0.1) is 19.2 Å². The molecule has 0 saturated carbocycles. The molecule has 1 unspecified atom stereocenters. The van der Waals surface area contributed by atoms with Crippen molar-refractivity contribution < 1.29 is 19.1 Å². The number of esters is 1. The third-order valence-corrected chi connectivity index (χ3v) is 5.15. The SMILES string of the molecule is COC(=O)c1ccc(CN2C(=O)NC(C)(c3ccc(C(C)C)cc3)C2=O)cc1. The Bertz CT molecular complexity index is 903. The Morgan fingerprint density at radius 2 is 1.68 bits per heavy atom. The smallest absolute Gasteiger partial charge is 0.337 e. The first-order valence-corrected chi connectivity index (χ1v) is 9.18. The number of nitrogens with one attached hydrogen (secondary N) is 1. The van der Waals surface area contributed by atoms with Gasteiger partial charge in [-0.2, -0.15) is 0 Å². The summed E-state index contributed by atoms with van der Waals surface area (Å²) < 4.78 is 4.68. The quantitative estimate of drug-likeness (QED) is 0.636. The van der Waals surface area contributed by atoms with Gasteiger partial charge in [-0.25, -0.2) is 9.59 Å². The Hall–Kier alpha value is -3.15. The molecule has 1 saturated heterocycles. The molecule has 0 aromatic heterocycles. The lowest BCUT2D eigenvalue weighted by Gasteiger charge is -2.23. The number of hydrogen-bond donors (Lipinski definition) is 1. The predicted octanol–water partition coefficient (Wildman–Crippen LogP) is 3.56. The van der Waals surface area contributed by atoms with E-state index in [1.54, 1.807) is 31.2 Å². The van der Waals surface area contributed by atoms with Gasteiger partial charge in [0.15, 0.2) is 0 Å². The number of carbonyl (C=O) groups is 3. The van der Waals surface area contributed by atoms with Gasteiger partial charge in [0, 0.05) is 0 Å². The van der Waals surface area contributed by atoms with Crippen LogP contribution in [0.2, 0.25) is 0 Å². The molecular formula is C22H24N2O4. The van der Waals surface area contributed by atoms with Crippen molar-refractivity contribution in [3.63, 3.8) is 0 Å². The summed E-state index contributed by atoms with van der Waals surface area (Å²) in [5.41, 5.74) is 1.98. The minimum Gasteiger partial charge on any atom is -0.465 e. The number of methoxy groups -OCH3 is 1. The van der Waals surface area contributed by atoms with Gasteiger partial charge in [0.25, 0.3) is 5.91 Å². The van der Waals surface area contributed by atoms with Crippen molar-refractivity contribution in [1.29, 1.82) is 0 Å². The Morgan fingerprint density at radius 1 is 1.07 bits per heavy atom. The number of imide groups is 1. The van der Waals surface area contributed by atoms with Crippen LogP contribution >= 0.6 is 0 Å². The van der Waals surface area contributed by atoms with E-state index >= 15 is 0 Å². The summed E-state index contributed by atoms with van der Waals surface area (Å²) >= 11 is 0. The summed E-state index contributed by atoms with van der Waals surface area (Å²) in [4.78, 5) is 38.3. The molecule has 6 heteroatoms. The molecule has 0 spiro atoms. The summed E-state index contributed by atoms with van der Waals surface area (Å²) in [5.74, 6) is -0.342. The average Bonchev–Trinajstić information content (AvgIpc) is 2.92. The van der Waals surface area contributed by atoms with Crippen LogP contribution in [-0.4, -0.2) is 29.9 Å². The van der Waals surface area contributed by atoms with Gasteiger partial charge in [-0.15, -0.1) is 0 Å². The van der Waals surface area contributed by atoms with Gasteiger partial charge >= 0.3 is 12.0 Å². The normalized spacial score (nSPS) is 19.1. The van der Waals surface area contributed by atoms with Crippen LogP contribution in [0.5, 0.6) is 0 Å². The van der Waals surface area contributed by atoms with Crippen LogP contribution in [0.4, 0.5) is 4.79 Å². The van der Waals surface area contributed by atoms with E-state index in [1.165, 1.54) is 17.6 Å². The van der Waals surface area contributed by atoms with E-state index in [2.05, 4.69) is 23.9 Å². The van der Waals surface area contributed by atoms with E-state index in [4.69, 9.17) is 0 Å². The highest BCUT2D eigenvalue weighted by Crippen LogP contribution is 2.30. The van der Waals surface area contributed by atoms with Crippen molar-refractivity contribution in [3.05, 3.63) is 70.8 Å². The van der Waals surface area contributed by atoms with Gasteiger partial charge in [-0.1, -0.05) is 50.2 Å². The van der Waals surface area contributed by atoms with Crippen molar-refractivity contribution in [2.45, 2.75) is 38.8 Å². The first-order chi connectivity index (χ1) is 13.3. The van der Waals surface area contributed by atoms with E-state index in [0.29, 0.717) is 11.5 Å². The van der Waals surface area contributed by atoms with E-state index in [0.717, 1.165) is 11.1 Å². The highest BCUT2D eigenvalue weighted by atomic mass is 16.5. The van der Waals surface area contributed by atoms with Crippen LogP contribution in [0, 0.1) is 0 Å². The summed E-state index contributed by atoms with van der Waals surface area (Å²) in [6.07, 6.45) is 0. The molecule has 1 N–H and O–H groups in total. The van der Waals surface area contributed by atoms with Crippen molar-refractivity contribution in [2.24, 2.45) is 0 Å². The Balaban J connectivity index is 1.80. The maximum Gasteiger partial charge on any atom is 0.337 e. The summed E-state index contributed by atoms with van der Waals surface area (Å²) in [6.45, 7) is 6.06. The molecule has 0 aliphatic carbocycles. The minimum absolute atomic E-state index is 0.131. The summed E-state index contributed by atoms with van der Waals surface area (Å²) in [6, 6.07) is 14.0. The number of rotatable bonds is 5. The highest BCUT2D eigenvalue weighted by molar-refractivity contribution is 6.07. The molecule has 1 aliphatic heterocycles. The van der Waals surface area contributed by atoms with E-state index in [-0.39, 0.29) is 12.5 Å². The molecule has 3 amide bonds.